The highest BCUT2D eigenvalue weighted by atomic mass is 16.3. The van der Waals surface area contributed by atoms with Gasteiger partial charge in [-0.1, -0.05) is 27.2 Å². The van der Waals surface area contributed by atoms with Crippen LogP contribution in [0.25, 0.3) is 0 Å². The molecule has 3 heteroatoms. The van der Waals surface area contributed by atoms with E-state index in [1.807, 2.05) is 6.07 Å². The van der Waals surface area contributed by atoms with Crippen LogP contribution in [-0.2, 0) is 6.42 Å². The molecule has 2 unspecified atom stereocenters. The maximum atomic E-state index is 5.60. The van der Waals surface area contributed by atoms with Gasteiger partial charge in [-0.15, -0.1) is 0 Å². The summed E-state index contributed by atoms with van der Waals surface area (Å²) in [6.07, 6.45) is 4.90. The van der Waals surface area contributed by atoms with E-state index in [1.165, 1.54) is 12.0 Å². The Kier molecular flexibility index (Phi) is 4.85. The Labute approximate surface area is 92.0 Å². The Balaban J connectivity index is 2.73. The first-order chi connectivity index (χ1) is 7.22. The van der Waals surface area contributed by atoms with E-state index in [0.717, 1.165) is 18.6 Å². The van der Waals surface area contributed by atoms with Gasteiger partial charge < -0.3 is 4.42 Å². The third kappa shape index (κ3) is 3.08. The smallest absolute Gasteiger partial charge is 0.108 e. The second kappa shape index (κ2) is 5.93. The quantitative estimate of drug-likeness (QED) is 0.560. The molecule has 0 saturated heterocycles. The minimum atomic E-state index is 0.216. The minimum absolute atomic E-state index is 0.216. The van der Waals surface area contributed by atoms with Gasteiger partial charge in [-0.2, -0.15) is 0 Å². The van der Waals surface area contributed by atoms with Crippen LogP contribution >= 0.6 is 0 Å². The zero-order chi connectivity index (χ0) is 11.3. The molecule has 0 aliphatic rings. The van der Waals surface area contributed by atoms with E-state index < -0.39 is 0 Å². The van der Waals surface area contributed by atoms with Gasteiger partial charge >= 0.3 is 0 Å². The molecule has 15 heavy (non-hydrogen) atoms. The standard InChI is InChI=1S/C12H22N2O/c1-4-9(3)8-11(14-13)10-6-7-15-12(10)5-2/h6-7,9,11,14H,4-5,8,13H2,1-3H3. The fraction of sp³-hybridized carbons (Fsp3) is 0.667. The lowest BCUT2D eigenvalue weighted by molar-refractivity contribution is 0.399. The molecule has 1 heterocycles. The summed E-state index contributed by atoms with van der Waals surface area (Å²) in [6.45, 7) is 6.55. The van der Waals surface area contributed by atoms with Crippen LogP contribution in [0.15, 0.2) is 16.7 Å². The first kappa shape index (κ1) is 12.3. The Hall–Kier alpha value is -0.800. The highest BCUT2D eigenvalue weighted by molar-refractivity contribution is 5.21. The minimum Gasteiger partial charge on any atom is -0.469 e. The normalized spacial score (nSPS) is 15.2. The molecule has 1 aromatic rings. The summed E-state index contributed by atoms with van der Waals surface area (Å²) in [6, 6.07) is 2.24. The highest BCUT2D eigenvalue weighted by Gasteiger charge is 2.17. The summed E-state index contributed by atoms with van der Waals surface area (Å²) in [5, 5.41) is 0. The van der Waals surface area contributed by atoms with E-state index in [2.05, 4.69) is 26.2 Å². The van der Waals surface area contributed by atoms with E-state index in [1.54, 1.807) is 6.26 Å². The monoisotopic (exact) mass is 210 g/mol. The van der Waals surface area contributed by atoms with E-state index in [4.69, 9.17) is 10.3 Å². The van der Waals surface area contributed by atoms with E-state index in [9.17, 15) is 0 Å². The van der Waals surface area contributed by atoms with Gasteiger partial charge in [0.05, 0.1) is 6.26 Å². The number of hydrogen-bond donors (Lipinski definition) is 2. The first-order valence-corrected chi connectivity index (χ1v) is 5.75. The molecule has 1 rings (SSSR count). The molecular weight excluding hydrogens is 188 g/mol. The van der Waals surface area contributed by atoms with Crippen molar-refractivity contribution in [1.82, 2.24) is 5.43 Å². The van der Waals surface area contributed by atoms with E-state index in [0.29, 0.717) is 5.92 Å². The topological polar surface area (TPSA) is 51.2 Å². The van der Waals surface area contributed by atoms with Crippen molar-refractivity contribution < 1.29 is 4.42 Å². The number of hydrogen-bond acceptors (Lipinski definition) is 3. The molecule has 0 amide bonds. The fourth-order valence-corrected chi connectivity index (χ4v) is 1.80. The van der Waals surface area contributed by atoms with Crippen molar-refractivity contribution in [2.24, 2.45) is 11.8 Å². The Bertz CT molecular complexity index is 283. The summed E-state index contributed by atoms with van der Waals surface area (Å²) >= 11 is 0. The molecule has 0 aliphatic carbocycles. The molecule has 0 fully saturated rings. The molecule has 0 bridgehead atoms. The Morgan fingerprint density at radius 3 is 2.73 bits per heavy atom. The Morgan fingerprint density at radius 1 is 1.47 bits per heavy atom. The number of nitrogens with two attached hydrogens (primary N) is 1. The lowest BCUT2D eigenvalue weighted by Gasteiger charge is -2.19. The van der Waals surface area contributed by atoms with Crippen molar-refractivity contribution >= 4 is 0 Å². The maximum absolute atomic E-state index is 5.60. The second-order valence-corrected chi connectivity index (χ2v) is 4.12. The van der Waals surface area contributed by atoms with Crippen molar-refractivity contribution in [3.63, 3.8) is 0 Å². The second-order valence-electron chi connectivity index (χ2n) is 4.12. The van der Waals surface area contributed by atoms with Gasteiger partial charge in [0.25, 0.3) is 0 Å². The van der Waals surface area contributed by atoms with Gasteiger partial charge in [-0.05, 0) is 18.4 Å². The van der Waals surface area contributed by atoms with E-state index in [-0.39, 0.29) is 6.04 Å². The lowest BCUT2D eigenvalue weighted by Crippen LogP contribution is -2.29. The average molecular weight is 210 g/mol. The fourth-order valence-electron chi connectivity index (χ4n) is 1.80. The van der Waals surface area contributed by atoms with Gasteiger partial charge in [-0.25, -0.2) is 0 Å². The molecule has 3 N–H and O–H groups in total. The van der Waals surface area contributed by atoms with Crippen molar-refractivity contribution in [2.75, 3.05) is 0 Å². The lowest BCUT2D eigenvalue weighted by atomic mass is 9.94. The molecule has 3 nitrogen and oxygen atoms in total. The van der Waals surface area contributed by atoms with Gasteiger partial charge in [0.15, 0.2) is 0 Å². The van der Waals surface area contributed by atoms with Crippen molar-refractivity contribution in [2.45, 2.75) is 46.1 Å². The molecule has 1 aromatic heterocycles. The summed E-state index contributed by atoms with van der Waals surface area (Å²) in [5.74, 6) is 7.31. The summed E-state index contributed by atoms with van der Waals surface area (Å²) in [4.78, 5) is 0. The maximum Gasteiger partial charge on any atom is 0.108 e. The van der Waals surface area contributed by atoms with Crippen LogP contribution in [0.4, 0.5) is 0 Å². The molecule has 86 valence electrons. The van der Waals surface area contributed by atoms with Gasteiger partial charge in [0.2, 0.25) is 0 Å². The third-order valence-electron chi connectivity index (χ3n) is 3.01. The molecule has 0 spiro atoms. The van der Waals surface area contributed by atoms with Crippen LogP contribution in [0.1, 0.15) is 51.0 Å². The van der Waals surface area contributed by atoms with Crippen LogP contribution in [-0.4, -0.2) is 0 Å². The van der Waals surface area contributed by atoms with Gasteiger partial charge in [0.1, 0.15) is 5.76 Å². The molecule has 0 radical (unpaired) electrons. The van der Waals surface area contributed by atoms with Crippen LogP contribution in [0.2, 0.25) is 0 Å². The highest BCUT2D eigenvalue weighted by Crippen LogP contribution is 2.26. The Morgan fingerprint density at radius 2 is 2.20 bits per heavy atom. The van der Waals surface area contributed by atoms with Crippen LogP contribution in [0, 0.1) is 5.92 Å². The molecule has 0 saturated carbocycles. The predicted molar refractivity (Wildman–Crippen MR) is 62.2 cm³/mol. The molecular formula is C12H22N2O. The first-order valence-electron chi connectivity index (χ1n) is 5.75. The summed E-state index contributed by atoms with van der Waals surface area (Å²) < 4.78 is 5.42. The number of aryl methyl sites for hydroxylation is 1. The largest absolute Gasteiger partial charge is 0.469 e. The average Bonchev–Trinajstić information content (AvgIpc) is 2.73. The third-order valence-corrected chi connectivity index (χ3v) is 3.01. The van der Waals surface area contributed by atoms with E-state index >= 15 is 0 Å². The predicted octanol–water partition coefficient (Wildman–Crippen LogP) is 2.78. The van der Waals surface area contributed by atoms with Crippen molar-refractivity contribution in [3.8, 4) is 0 Å². The van der Waals surface area contributed by atoms with Crippen LogP contribution in [0.3, 0.4) is 0 Å². The number of furan rings is 1. The zero-order valence-electron chi connectivity index (χ0n) is 9.92. The molecule has 0 aliphatic heterocycles. The number of rotatable bonds is 6. The van der Waals surface area contributed by atoms with Crippen molar-refractivity contribution in [1.29, 1.82) is 0 Å². The van der Waals surface area contributed by atoms with Crippen molar-refractivity contribution in [3.05, 3.63) is 23.7 Å². The summed E-state index contributed by atoms with van der Waals surface area (Å²) in [5.41, 5.74) is 4.09. The van der Waals surface area contributed by atoms with Crippen LogP contribution < -0.4 is 11.3 Å². The molecule has 2 atom stereocenters. The zero-order valence-corrected chi connectivity index (χ0v) is 9.92. The van der Waals surface area contributed by atoms with Crippen LogP contribution in [0.5, 0.6) is 0 Å². The SMILES string of the molecule is CCc1occc1C(CC(C)CC)NN. The van der Waals surface area contributed by atoms with Gasteiger partial charge in [-0.3, -0.25) is 11.3 Å². The summed E-state index contributed by atoms with van der Waals surface area (Å²) in [7, 11) is 0. The molecule has 0 aromatic carbocycles. The van der Waals surface area contributed by atoms with Gasteiger partial charge in [0, 0.05) is 18.0 Å². The number of nitrogens with one attached hydrogen (secondary N) is 1. The number of hydrazine groups is 1.